The van der Waals surface area contributed by atoms with Gasteiger partial charge in [-0.3, -0.25) is 38.5 Å². The number of fused-ring (bicyclic) bond motifs is 3. The Bertz CT molecular complexity index is 3610. The number of phenols is 1. The predicted octanol–water partition coefficient (Wildman–Crippen LogP) is -1.81. The van der Waals surface area contributed by atoms with Crippen LogP contribution in [0, 0.1) is 5.92 Å². The van der Waals surface area contributed by atoms with Gasteiger partial charge in [0.2, 0.25) is 40.4 Å². The minimum Gasteiger partial charge on any atom is -0.504 e. The molecule has 0 spiro atoms. The number of hydrogen-bond acceptors (Lipinski definition) is 28. The topological polar surface area (TPSA) is 474 Å². The van der Waals surface area contributed by atoms with Gasteiger partial charge in [0, 0.05) is 107 Å². The third-order valence-corrected chi connectivity index (χ3v) is 20.2. The molecular formula is C67H93N13O21S2. The smallest absolute Gasteiger partial charge is 0.261 e. The van der Waals surface area contributed by atoms with Crippen LogP contribution in [0.5, 0.6) is 11.5 Å². The third kappa shape index (κ3) is 20.8. The van der Waals surface area contributed by atoms with E-state index in [9.17, 15) is 74.7 Å². The van der Waals surface area contributed by atoms with Crippen LogP contribution in [0.4, 0.5) is 5.69 Å². The highest BCUT2D eigenvalue weighted by Crippen LogP contribution is 2.33. The van der Waals surface area contributed by atoms with Crippen LogP contribution in [0.2, 0.25) is 0 Å². The summed E-state index contributed by atoms with van der Waals surface area (Å²) in [7, 11) is 1.74. The number of phenolic OH excluding ortho intramolecular Hbond substituents is 1. The Morgan fingerprint density at radius 3 is 2.14 bits per heavy atom. The Labute approximate surface area is 601 Å². The number of unbranched alkanes of at least 4 members (excludes halogenated alkanes) is 4. The summed E-state index contributed by atoms with van der Waals surface area (Å²) in [5, 5.41) is 132. The van der Waals surface area contributed by atoms with Crippen molar-refractivity contribution in [2.45, 2.75) is 151 Å². The summed E-state index contributed by atoms with van der Waals surface area (Å²) >= 11 is 1.47. The number of rotatable bonds is 28. The highest BCUT2D eigenvalue weighted by molar-refractivity contribution is 7.90. The first-order valence-corrected chi connectivity index (χ1v) is 35.8. The number of anilines is 1. The second kappa shape index (κ2) is 37.8. The van der Waals surface area contributed by atoms with Crippen molar-refractivity contribution in [1.82, 2.24) is 61.2 Å². The molecule has 4 aliphatic rings. The van der Waals surface area contributed by atoms with Gasteiger partial charge in [0.1, 0.15) is 41.3 Å². The summed E-state index contributed by atoms with van der Waals surface area (Å²) in [6.45, 7) is 5.52. The first-order chi connectivity index (χ1) is 49.5. The summed E-state index contributed by atoms with van der Waals surface area (Å²) in [6.07, 6.45) is -4.97. The van der Waals surface area contributed by atoms with Crippen molar-refractivity contribution in [2.75, 3.05) is 90.7 Å². The van der Waals surface area contributed by atoms with Crippen LogP contribution in [0.15, 0.2) is 72.9 Å². The van der Waals surface area contributed by atoms with E-state index in [2.05, 4.69) is 75.3 Å². The summed E-state index contributed by atoms with van der Waals surface area (Å²) in [4.78, 5) is 115. The lowest BCUT2D eigenvalue weighted by atomic mass is 9.98. The maximum atomic E-state index is 15.0. The highest BCUT2D eigenvalue weighted by Gasteiger charge is 2.50. The molecule has 2 aromatic heterocycles. The van der Waals surface area contributed by atoms with Crippen molar-refractivity contribution in [1.29, 1.82) is 0 Å². The van der Waals surface area contributed by atoms with Crippen LogP contribution in [-0.4, -0.2) is 287 Å². The fourth-order valence-corrected chi connectivity index (χ4v) is 14.2. The Balaban J connectivity index is 0.939. The van der Waals surface area contributed by atoms with Crippen LogP contribution >= 0.6 is 23.7 Å². The normalized spacial score (nSPS) is 24.6. The van der Waals surface area contributed by atoms with E-state index in [1.54, 1.807) is 30.0 Å². The van der Waals surface area contributed by atoms with Crippen LogP contribution in [0.1, 0.15) is 81.1 Å². The zero-order valence-corrected chi connectivity index (χ0v) is 58.9. The average molecular weight is 1480 g/mol. The molecule has 34 nitrogen and oxygen atoms in total. The number of methoxy groups -OCH3 is 1. The molecule has 4 saturated heterocycles. The number of nitrogens with one attached hydrogen (secondary N) is 6. The number of aliphatic hydroxyl groups excluding tert-OH is 8. The molecule has 0 saturated carbocycles. The number of aromatic hydroxyl groups is 1. The van der Waals surface area contributed by atoms with Crippen LogP contribution in [0.25, 0.3) is 26.8 Å². The summed E-state index contributed by atoms with van der Waals surface area (Å²) in [5.74, 6) is -9.61. The van der Waals surface area contributed by atoms with Gasteiger partial charge in [-0.05, 0) is 93.4 Å². The van der Waals surface area contributed by atoms with Gasteiger partial charge in [-0.15, -0.1) is 0 Å². The summed E-state index contributed by atoms with van der Waals surface area (Å²) in [5.41, 5.74) is 3.33. The van der Waals surface area contributed by atoms with E-state index < -0.39 is 184 Å². The van der Waals surface area contributed by atoms with Gasteiger partial charge in [0.05, 0.1) is 67.8 Å². The Morgan fingerprint density at radius 2 is 1.45 bits per heavy atom. The number of benzene rings is 3. The molecule has 4 fully saturated rings. The van der Waals surface area contributed by atoms with Crippen molar-refractivity contribution in [2.24, 2.45) is 5.92 Å². The number of imidazole rings is 1. The molecule has 13 atom stereocenters. The standard InChI is InChI=1S/C67H93N13O21S2/c1-37-32-79-57(58(37)89)63(94)69-31-45(84)29-47(70-59(90)41-12-10-40(11-13-41)48-34-80-67(71-48)102-64(75-80)42-14-16-44(17-15-42)77-24-22-76(23-25-77)21-7-5-4-6-8-26-98-3)60(91)72-54(38(2)83)65(95)78-33-46(85)30-49(78)61(92)73-55(52(88)27-39-9-18-50(86)53(28-39)99-103-101-100-97)62(93)74-56(66(79)96)51(87)19-20-68-43(35-81)36-82/h9-18,28,34,37-38,43,45-47,49,51-52,54-58,68,81-89,97H,4-8,19-27,29-33,35-36H2,1-3H3,(H,69,94)(H,70,90)(H,72,91)(H,73,92)(H,74,93)/t37-,38+,45+,46+,47?,49-,51+,52+,54-,55-,56-,57-,58-/m0/s1. The molecule has 7 amide bonds. The first-order valence-electron chi connectivity index (χ1n) is 34.3. The van der Waals surface area contributed by atoms with Gasteiger partial charge < -0.3 is 101 Å². The van der Waals surface area contributed by atoms with Gasteiger partial charge in [-0.1, -0.05) is 65.1 Å². The molecule has 5 aromatic rings. The molecule has 36 heteroatoms. The van der Waals surface area contributed by atoms with Crippen LogP contribution in [0.3, 0.4) is 0 Å². The number of amides is 7. The van der Waals surface area contributed by atoms with Gasteiger partial charge in [0.25, 0.3) is 18.2 Å². The van der Waals surface area contributed by atoms with E-state index >= 15 is 4.79 Å². The molecule has 1 unspecified atom stereocenters. The lowest BCUT2D eigenvalue weighted by Crippen LogP contribution is -2.64. The highest BCUT2D eigenvalue weighted by atomic mass is 32.2. The zero-order valence-electron chi connectivity index (χ0n) is 57.3. The first kappa shape index (κ1) is 79.4. The third-order valence-electron chi connectivity index (χ3n) is 18.9. The molecule has 564 valence electrons. The maximum absolute atomic E-state index is 15.0. The number of aliphatic hydroxyl groups is 8. The lowest BCUT2D eigenvalue weighted by molar-refractivity contribution is -0.433. The molecule has 0 bridgehead atoms. The van der Waals surface area contributed by atoms with E-state index in [0.29, 0.717) is 16.2 Å². The Morgan fingerprint density at radius 1 is 0.767 bits per heavy atom. The molecular weight excluding hydrogens is 1390 g/mol. The molecule has 9 rings (SSSR count). The van der Waals surface area contributed by atoms with E-state index in [4.69, 9.17) is 24.3 Å². The fourth-order valence-electron chi connectivity index (χ4n) is 13.0. The number of ether oxygens (including phenoxy) is 1. The van der Waals surface area contributed by atoms with Crippen LogP contribution < -0.4 is 41.0 Å². The molecule has 4 aliphatic heterocycles. The van der Waals surface area contributed by atoms with Crippen molar-refractivity contribution >= 4 is 75.7 Å². The number of carbonyl (C=O) groups excluding carboxylic acids is 7. The van der Waals surface area contributed by atoms with Crippen molar-refractivity contribution in [3.05, 3.63) is 84.1 Å². The molecule has 103 heavy (non-hydrogen) atoms. The summed E-state index contributed by atoms with van der Waals surface area (Å²) in [6, 6.07) is 5.72. The minimum atomic E-state index is -2.16. The van der Waals surface area contributed by atoms with Crippen LogP contribution in [-0.2, 0) is 49.3 Å². The predicted molar refractivity (Wildman–Crippen MR) is 372 cm³/mol. The number of nitrogens with zero attached hydrogens (tertiary/aromatic N) is 7. The van der Waals surface area contributed by atoms with Gasteiger partial charge in [-0.2, -0.15) is 5.10 Å². The van der Waals surface area contributed by atoms with Gasteiger partial charge in [0.15, 0.2) is 11.5 Å². The van der Waals surface area contributed by atoms with E-state index in [1.807, 2.05) is 0 Å². The Hall–Kier alpha value is -7.76. The van der Waals surface area contributed by atoms with Crippen molar-refractivity contribution in [3.8, 4) is 33.3 Å². The van der Waals surface area contributed by atoms with Gasteiger partial charge in [-0.25, -0.2) is 14.8 Å². The molecule has 6 heterocycles. The lowest BCUT2D eigenvalue weighted by Gasteiger charge is -2.36. The van der Waals surface area contributed by atoms with Crippen molar-refractivity contribution < 1.29 is 103 Å². The second-order valence-electron chi connectivity index (χ2n) is 26.4. The fraction of sp³-hybridized carbons (Fsp3) is 0.567. The molecule has 16 N–H and O–H groups in total. The second-order valence-corrected chi connectivity index (χ2v) is 27.8. The van der Waals surface area contributed by atoms with Crippen molar-refractivity contribution in [3.63, 3.8) is 0 Å². The summed E-state index contributed by atoms with van der Waals surface area (Å²) < 4.78 is 16.2. The molecule has 0 radical (unpaired) electrons. The van der Waals surface area contributed by atoms with Gasteiger partial charge >= 0.3 is 0 Å². The van der Waals surface area contributed by atoms with E-state index in [1.165, 1.54) is 68.2 Å². The average Bonchev–Trinajstić information content (AvgIpc) is 1.74. The van der Waals surface area contributed by atoms with E-state index in [-0.39, 0.29) is 42.3 Å². The number of aromatic nitrogens is 3. The molecule has 3 aromatic carbocycles. The minimum absolute atomic E-state index is 0.0158. The largest absolute Gasteiger partial charge is 0.504 e. The maximum Gasteiger partial charge on any atom is 0.261 e. The quantitative estimate of drug-likeness (QED) is 0.0114. The molecule has 0 aliphatic carbocycles. The Kier molecular flexibility index (Phi) is 29.1. The number of piperazine rings is 1. The monoisotopic (exact) mass is 1480 g/mol. The number of hydrogen-bond donors (Lipinski definition) is 16. The number of β-amino-alcohol motifs (C(OH)–C–C–N with tert-alkyl or cyclic N) is 1. The SMILES string of the molecule is COCCCCCCCN1CCN(c2ccc(-c3nn4cc(-c5ccc(C(=O)NC6C[C@@H](O)CNC(=O)[C@@H]7[C@@H](O)[C@@H](C)CN7C(=O)[C@H]([C@H](O)CCNC(CO)CO)NC(=O)[C@H]([C@H](O)Cc7ccc(O)c(OSOOO)c7)NC(=O)[C@@H]7C[C@@H](O)CN7C(=O)[C@H]([C@@H](C)O)NC6=O)cc5)nc4s3)cc2)CC1. The van der Waals surface area contributed by atoms with E-state index in [0.717, 1.165) is 84.8 Å². The number of carbonyl (C=O) groups is 7. The zero-order chi connectivity index (χ0) is 74.0.